The van der Waals surface area contributed by atoms with Gasteiger partial charge in [-0.15, -0.1) is 0 Å². The van der Waals surface area contributed by atoms with Crippen LogP contribution in [0.15, 0.2) is 0 Å². The fourth-order valence-corrected chi connectivity index (χ4v) is 2.33. The molecule has 64 valence electrons. The molecule has 0 aromatic carbocycles. The number of hydrogen-bond acceptors (Lipinski definition) is 2. The molecule has 0 aromatic heterocycles. The largest absolute Gasteiger partial charge is 0.311 e. The molecule has 3 atom stereocenters. The van der Waals surface area contributed by atoms with Crippen molar-refractivity contribution in [3.05, 3.63) is 0 Å². The summed E-state index contributed by atoms with van der Waals surface area (Å²) in [6.45, 7) is 3.42. The Morgan fingerprint density at radius 2 is 1.82 bits per heavy atom. The van der Waals surface area contributed by atoms with Gasteiger partial charge >= 0.3 is 0 Å². The van der Waals surface area contributed by atoms with E-state index in [0.29, 0.717) is 6.04 Å². The van der Waals surface area contributed by atoms with Gasteiger partial charge < -0.3 is 10.6 Å². The standard InChI is InChI=1S/C9H18N2/c1-7-6-10-8-4-2-3-5-9(8)11-7/h7-11H,2-6H2,1H3/t7-,8-,9-/m1/s1. The summed E-state index contributed by atoms with van der Waals surface area (Å²) in [5.74, 6) is 0. The average Bonchev–Trinajstić information content (AvgIpc) is 2.04. The van der Waals surface area contributed by atoms with Gasteiger partial charge in [-0.25, -0.2) is 0 Å². The highest BCUT2D eigenvalue weighted by Crippen LogP contribution is 2.20. The predicted octanol–water partition coefficient (Wildman–Crippen LogP) is 0.879. The third-order valence-electron chi connectivity index (χ3n) is 2.95. The molecule has 11 heavy (non-hydrogen) atoms. The summed E-state index contributed by atoms with van der Waals surface area (Å²) >= 11 is 0. The molecule has 1 heterocycles. The Balaban J connectivity index is 1.93. The summed E-state index contributed by atoms with van der Waals surface area (Å²) in [5.41, 5.74) is 0. The lowest BCUT2D eigenvalue weighted by molar-refractivity contribution is 0.219. The van der Waals surface area contributed by atoms with Gasteiger partial charge in [0.2, 0.25) is 0 Å². The van der Waals surface area contributed by atoms with Crippen LogP contribution in [0.2, 0.25) is 0 Å². The smallest absolute Gasteiger partial charge is 0.0224 e. The topological polar surface area (TPSA) is 24.1 Å². The van der Waals surface area contributed by atoms with Gasteiger partial charge in [-0.1, -0.05) is 12.8 Å². The minimum Gasteiger partial charge on any atom is -0.311 e. The summed E-state index contributed by atoms with van der Waals surface area (Å²) in [6, 6.07) is 2.22. The lowest BCUT2D eigenvalue weighted by Crippen LogP contribution is -2.60. The van der Waals surface area contributed by atoms with Crippen molar-refractivity contribution in [1.82, 2.24) is 10.6 Å². The normalized spacial score (nSPS) is 45.0. The van der Waals surface area contributed by atoms with Crippen molar-refractivity contribution < 1.29 is 0 Å². The molecule has 0 unspecified atom stereocenters. The maximum Gasteiger partial charge on any atom is 0.0224 e. The summed E-state index contributed by atoms with van der Waals surface area (Å²) in [5, 5.41) is 7.26. The molecule has 0 bridgehead atoms. The molecule has 0 spiro atoms. The van der Waals surface area contributed by atoms with Crippen LogP contribution in [0.4, 0.5) is 0 Å². The molecule has 0 amide bonds. The number of hydrogen-bond donors (Lipinski definition) is 2. The summed E-state index contributed by atoms with van der Waals surface area (Å²) in [4.78, 5) is 0. The van der Waals surface area contributed by atoms with E-state index in [-0.39, 0.29) is 0 Å². The summed E-state index contributed by atoms with van der Waals surface area (Å²) < 4.78 is 0. The summed E-state index contributed by atoms with van der Waals surface area (Å²) in [7, 11) is 0. The first-order valence-electron chi connectivity index (χ1n) is 4.86. The van der Waals surface area contributed by atoms with Gasteiger partial charge in [-0.05, 0) is 19.8 Å². The Labute approximate surface area is 68.7 Å². The minimum absolute atomic E-state index is 0.675. The second-order valence-electron chi connectivity index (χ2n) is 3.97. The average molecular weight is 154 g/mol. The van der Waals surface area contributed by atoms with E-state index in [9.17, 15) is 0 Å². The fourth-order valence-electron chi connectivity index (χ4n) is 2.33. The van der Waals surface area contributed by atoms with E-state index in [4.69, 9.17) is 0 Å². The van der Waals surface area contributed by atoms with Gasteiger partial charge in [0.1, 0.15) is 0 Å². The molecular formula is C9H18N2. The second kappa shape index (κ2) is 3.11. The van der Waals surface area contributed by atoms with Crippen LogP contribution in [0.3, 0.4) is 0 Å². The van der Waals surface area contributed by atoms with Crippen LogP contribution in [0.25, 0.3) is 0 Å². The number of rotatable bonds is 0. The Hall–Kier alpha value is -0.0800. The maximum atomic E-state index is 3.66. The quantitative estimate of drug-likeness (QED) is 0.541. The Bertz CT molecular complexity index is 136. The minimum atomic E-state index is 0.675. The molecule has 1 saturated heterocycles. The van der Waals surface area contributed by atoms with Gasteiger partial charge in [0, 0.05) is 24.7 Å². The van der Waals surface area contributed by atoms with Gasteiger partial charge in [-0.3, -0.25) is 0 Å². The van der Waals surface area contributed by atoms with Crippen molar-refractivity contribution in [2.75, 3.05) is 6.54 Å². The fraction of sp³-hybridized carbons (Fsp3) is 1.00. The highest BCUT2D eigenvalue weighted by molar-refractivity contribution is 4.92. The highest BCUT2D eigenvalue weighted by atomic mass is 15.1. The zero-order valence-corrected chi connectivity index (χ0v) is 7.27. The molecule has 0 aromatic rings. The SMILES string of the molecule is C[C@@H]1CN[C@@H]2CCCC[C@H]2N1. The number of piperazine rings is 1. The first-order chi connectivity index (χ1) is 5.36. The van der Waals surface area contributed by atoms with E-state index in [1.165, 1.54) is 25.7 Å². The van der Waals surface area contributed by atoms with Gasteiger partial charge in [0.05, 0.1) is 0 Å². The highest BCUT2D eigenvalue weighted by Gasteiger charge is 2.29. The third kappa shape index (κ3) is 1.57. The van der Waals surface area contributed by atoms with Gasteiger partial charge in [0.15, 0.2) is 0 Å². The van der Waals surface area contributed by atoms with Gasteiger partial charge in [-0.2, -0.15) is 0 Å². The van der Waals surface area contributed by atoms with Crippen molar-refractivity contribution in [2.45, 2.75) is 50.7 Å². The van der Waals surface area contributed by atoms with E-state index in [0.717, 1.165) is 18.6 Å². The van der Waals surface area contributed by atoms with Crippen LogP contribution in [-0.4, -0.2) is 24.7 Å². The molecule has 1 aliphatic heterocycles. The van der Waals surface area contributed by atoms with Gasteiger partial charge in [0.25, 0.3) is 0 Å². The zero-order chi connectivity index (χ0) is 7.68. The monoisotopic (exact) mass is 154 g/mol. The number of nitrogens with one attached hydrogen (secondary N) is 2. The summed E-state index contributed by atoms with van der Waals surface area (Å²) in [6.07, 6.45) is 5.60. The van der Waals surface area contributed by atoms with Crippen LogP contribution >= 0.6 is 0 Å². The maximum absolute atomic E-state index is 3.66. The Morgan fingerprint density at radius 1 is 1.09 bits per heavy atom. The molecule has 2 N–H and O–H groups in total. The molecule has 2 heteroatoms. The first kappa shape index (κ1) is 7.56. The molecule has 2 rings (SSSR count). The van der Waals surface area contributed by atoms with Crippen molar-refractivity contribution in [2.24, 2.45) is 0 Å². The van der Waals surface area contributed by atoms with Crippen LogP contribution in [0, 0.1) is 0 Å². The molecule has 0 radical (unpaired) electrons. The lowest BCUT2D eigenvalue weighted by Gasteiger charge is -2.40. The van der Waals surface area contributed by atoms with Crippen molar-refractivity contribution >= 4 is 0 Å². The van der Waals surface area contributed by atoms with Crippen LogP contribution in [0.1, 0.15) is 32.6 Å². The zero-order valence-electron chi connectivity index (χ0n) is 7.27. The van der Waals surface area contributed by atoms with Crippen LogP contribution in [-0.2, 0) is 0 Å². The number of fused-ring (bicyclic) bond motifs is 1. The van der Waals surface area contributed by atoms with E-state index in [2.05, 4.69) is 17.6 Å². The first-order valence-corrected chi connectivity index (χ1v) is 4.86. The molecule has 1 saturated carbocycles. The molecule has 2 fully saturated rings. The van der Waals surface area contributed by atoms with E-state index >= 15 is 0 Å². The van der Waals surface area contributed by atoms with E-state index < -0.39 is 0 Å². The Kier molecular flexibility index (Phi) is 2.14. The van der Waals surface area contributed by atoms with Crippen LogP contribution < -0.4 is 10.6 Å². The lowest BCUT2D eigenvalue weighted by atomic mass is 9.88. The molecule has 2 aliphatic rings. The Morgan fingerprint density at radius 3 is 2.64 bits per heavy atom. The van der Waals surface area contributed by atoms with Crippen molar-refractivity contribution in [3.63, 3.8) is 0 Å². The van der Waals surface area contributed by atoms with Crippen molar-refractivity contribution in [3.8, 4) is 0 Å². The van der Waals surface area contributed by atoms with Crippen LogP contribution in [0.5, 0.6) is 0 Å². The van der Waals surface area contributed by atoms with Crippen molar-refractivity contribution in [1.29, 1.82) is 0 Å². The molecule has 1 aliphatic carbocycles. The second-order valence-corrected chi connectivity index (χ2v) is 3.97. The molecule has 2 nitrogen and oxygen atoms in total. The third-order valence-corrected chi connectivity index (χ3v) is 2.95. The molecular weight excluding hydrogens is 136 g/mol. The van der Waals surface area contributed by atoms with E-state index in [1.807, 2.05) is 0 Å². The predicted molar refractivity (Wildman–Crippen MR) is 46.6 cm³/mol. The van der Waals surface area contributed by atoms with E-state index in [1.54, 1.807) is 0 Å².